The third kappa shape index (κ3) is 3.01. The van der Waals surface area contributed by atoms with Gasteiger partial charge in [0.25, 0.3) is 5.91 Å². The summed E-state index contributed by atoms with van der Waals surface area (Å²) in [5.74, 6) is 0.153. The molecule has 104 valence electrons. The molecule has 1 saturated heterocycles. The number of aliphatic hydroxyl groups excluding tert-OH is 1. The fraction of sp³-hybridized carbons (Fsp3) is 0.500. The van der Waals surface area contributed by atoms with Crippen molar-refractivity contribution in [1.82, 2.24) is 4.90 Å². The molecule has 4 nitrogen and oxygen atoms in total. The van der Waals surface area contributed by atoms with Crippen molar-refractivity contribution >= 4 is 23.2 Å². The SMILES string of the molecule is CC(O)C1CCN(C(=O)c2c(N)cccc2Cl)CC1. The summed E-state index contributed by atoms with van der Waals surface area (Å²) in [5, 5.41) is 9.95. The molecule has 1 unspecified atom stereocenters. The van der Waals surface area contributed by atoms with Gasteiger partial charge < -0.3 is 15.7 Å². The van der Waals surface area contributed by atoms with E-state index >= 15 is 0 Å². The summed E-state index contributed by atoms with van der Waals surface area (Å²) in [6, 6.07) is 5.09. The van der Waals surface area contributed by atoms with Crippen LogP contribution in [0.4, 0.5) is 5.69 Å². The summed E-state index contributed by atoms with van der Waals surface area (Å²) in [7, 11) is 0. The Morgan fingerprint density at radius 3 is 2.63 bits per heavy atom. The van der Waals surface area contributed by atoms with E-state index in [-0.39, 0.29) is 17.9 Å². The van der Waals surface area contributed by atoms with Crippen LogP contribution >= 0.6 is 11.6 Å². The van der Waals surface area contributed by atoms with Gasteiger partial charge in [-0.25, -0.2) is 0 Å². The van der Waals surface area contributed by atoms with Crippen LogP contribution < -0.4 is 5.73 Å². The molecule has 1 aliphatic heterocycles. The molecule has 0 radical (unpaired) electrons. The maximum absolute atomic E-state index is 12.4. The average Bonchev–Trinajstić information content (AvgIpc) is 2.38. The fourth-order valence-electron chi connectivity index (χ4n) is 2.51. The van der Waals surface area contributed by atoms with Crippen LogP contribution in [0.25, 0.3) is 0 Å². The van der Waals surface area contributed by atoms with E-state index in [1.54, 1.807) is 30.0 Å². The number of rotatable bonds is 2. The minimum Gasteiger partial charge on any atom is -0.398 e. The first kappa shape index (κ1) is 14.2. The molecule has 1 atom stereocenters. The number of benzene rings is 1. The van der Waals surface area contributed by atoms with Crippen molar-refractivity contribution in [3.05, 3.63) is 28.8 Å². The van der Waals surface area contributed by atoms with Crippen molar-refractivity contribution in [1.29, 1.82) is 0 Å². The maximum Gasteiger partial charge on any atom is 0.257 e. The lowest BCUT2D eigenvalue weighted by Gasteiger charge is -2.33. The molecule has 0 spiro atoms. The minimum absolute atomic E-state index is 0.118. The maximum atomic E-state index is 12.4. The molecule has 1 aromatic carbocycles. The van der Waals surface area contributed by atoms with Gasteiger partial charge in [-0.3, -0.25) is 4.79 Å². The van der Waals surface area contributed by atoms with Crippen molar-refractivity contribution < 1.29 is 9.90 Å². The zero-order chi connectivity index (χ0) is 14.0. The summed E-state index contributed by atoms with van der Waals surface area (Å²) in [6.07, 6.45) is 1.31. The average molecular weight is 283 g/mol. The summed E-state index contributed by atoms with van der Waals surface area (Å²) >= 11 is 6.06. The Labute approximate surface area is 118 Å². The number of aliphatic hydroxyl groups is 1. The second kappa shape index (κ2) is 5.80. The summed E-state index contributed by atoms with van der Waals surface area (Å²) in [4.78, 5) is 14.2. The van der Waals surface area contributed by atoms with Gasteiger partial charge in [0.05, 0.1) is 16.7 Å². The number of piperidine rings is 1. The van der Waals surface area contributed by atoms with E-state index < -0.39 is 0 Å². The Bertz CT molecular complexity index is 448. The number of hydrogen-bond donors (Lipinski definition) is 2. The first-order valence-electron chi connectivity index (χ1n) is 6.52. The Hall–Kier alpha value is -1.26. The van der Waals surface area contributed by atoms with Crippen LogP contribution in [-0.2, 0) is 0 Å². The van der Waals surface area contributed by atoms with E-state index in [4.69, 9.17) is 17.3 Å². The van der Waals surface area contributed by atoms with Crippen molar-refractivity contribution in [2.75, 3.05) is 18.8 Å². The molecule has 1 fully saturated rings. The number of carbonyl (C=O) groups is 1. The zero-order valence-electron chi connectivity index (χ0n) is 11.0. The fourth-order valence-corrected chi connectivity index (χ4v) is 2.77. The van der Waals surface area contributed by atoms with Gasteiger partial charge in [-0.05, 0) is 37.8 Å². The van der Waals surface area contributed by atoms with Crippen LogP contribution in [0.15, 0.2) is 18.2 Å². The molecule has 19 heavy (non-hydrogen) atoms. The van der Waals surface area contributed by atoms with E-state index in [1.165, 1.54) is 0 Å². The molecule has 0 saturated carbocycles. The van der Waals surface area contributed by atoms with Crippen LogP contribution in [0.5, 0.6) is 0 Å². The predicted octanol–water partition coefficient (Wildman–Crippen LogP) is 2.16. The van der Waals surface area contributed by atoms with E-state index in [0.29, 0.717) is 29.4 Å². The van der Waals surface area contributed by atoms with Gasteiger partial charge in [0, 0.05) is 18.8 Å². The monoisotopic (exact) mass is 282 g/mol. The Kier molecular flexibility index (Phi) is 4.32. The van der Waals surface area contributed by atoms with E-state index in [1.807, 2.05) is 0 Å². The highest BCUT2D eigenvalue weighted by Crippen LogP contribution is 2.27. The number of hydrogen-bond acceptors (Lipinski definition) is 3. The lowest BCUT2D eigenvalue weighted by molar-refractivity contribution is 0.0522. The van der Waals surface area contributed by atoms with Gasteiger partial charge in [0.1, 0.15) is 0 Å². The van der Waals surface area contributed by atoms with Crippen LogP contribution in [0, 0.1) is 5.92 Å². The first-order chi connectivity index (χ1) is 9.00. The molecular weight excluding hydrogens is 264 g/mol. The smallest absolute Gasteiger partial charge is 0.257 e. The van der Waals surface area contributed by atoms with Gasteiger partial charge in [-0.2, -0.15) is 0 Å². The standard InChI is InChI=1S/C14H19ClN2O2/c1-9(18)10-5-7-17(8-6-10)14(19)13-11(15)3-2-4-12(13)16/h2-4,9-10,18H,5-8,16H2,1H3. The number of anilines is 1. The molecular formula is C14H19ClN2O2. The van der Waals surface area contributed by atoms with Crippen LogP contribution in [0.2, 0.25) is 5.02 Å². The number of likely N-dealkylation sites (tertiary alicyclic amines) is 1. The normalized spacial score (nSPS) is 18.4. The zero-order valence-corrected chi connectivity index (χ0v) is 11.7. The van der Waals surface area contributed by atoms with E-state index in [2.05, 4.69) is 0 Å². The second-order valence-electron chi connectivity index (χ2n) is 5.07. The highest BCUT2D eigenvalue weighted by molar-refractivity contribution is 6.34. The molecule has 1 aromatic rings. The molecule has 1 heterocycles. The van der Waals surface area contributed by atoms with Crippen molar-refractivity contribution in [2.45, 2.75) is 25.9 Å². The summed E-state index contributed by atoms with van der Waals surface area (Å²) in [6.45, 7) is 3.08. The van der Waals surface area contributed by atoms with Crippen LogP contribution in [-0.4, -0.2) is 35.1 Å². The molecule has 0 aromatic heterocycles. The van der Waals surface area contributed by atoms with Gasteiger partial charge in [-0.15, -0.1) is 0 Å². The van der Waals surface area contributed by atoms with E-state index in [0.717, 1.165) is 12.8 Å². The number of nitrogen functional groups attached to an aromatic ring is 1. The first-order valence-corrected chi connectivity index (χ1v) is 6.90. The highest BCUT2D eigenvalue weighted by Gasteiger charge is 2.27. The summed E-state index contributed by atoms with van der Waals surface area (Å²) in [5.41, 5.74) is 6.63. The lowest BCUT2D eigenvalue weighted by Crippen LogP contribution is -2.41. The Morgan fingerprint density at radius 1 is 1.47 bits per heavy atom. The van der Waals surface area contributed by atoms with Gasteiger partial charge in [0.2, 0.25) is 0 Å². The summed E-state index contributed by atoms with van der Waals surface area (Å²) < 4.78 is 0. The quantitative estimate of drug-likeness (QED) is 0.817. The van der Waals surface area contributed by atoms with Gasteiger partial charge in [-0.1, -0.05) is 17.7 Å². The molecule has 3 N–H and O–H groups in total. The third-order valence-electron chi connectivity index (χ3n) is 3.77. The molecule has 0 bridgehead atoms. The van der Waals surface area contributed by atoms with Crippen molar-refractivity contribution in [3.63, 3.8) is 0 Å². The number of halogens is 1. The van der Waals surface area contributed by atoms with E-state index in [9.17, 15) is 9.90 Å². The molecule has 5 heteroatoms. The Balaban J connectivity index is 2.10. The second-order valence-corrected chi connectivity index (χ2v) is 5.48. The van der Waals surface area contributed by atoms with Crippen molar-refractivity contribution in [2.24, 2.45) is 5.92 Å². The largest absolute Gasteiger partial charge is 0.398 e. The van der Waals surface area contributed by atoms with Crippen LogP contribution in [0.1, 0.15) is 30.1 Å². The van der Waals surface area contributed by atoms with Gasteiger partial charge >= 0.3 is 0 Å². The molecule has 1 amide bonds. The Morgan fingerprint density at radius 2 is 2.11 bits per heavy atom. The number of amides is 1. The minimum atomic E-state index is -0.317. The van der Waals surface area contributed by atoms with Crippen LogP contribution in [0.3, 0.4) is 0 Å². The topological polar surface area (TPSA) is 66.6 Å². The molecule has 1 aliphatic rings. The lowest BCUT2D eigenvalue weighted by atomic mass is 9.92. The third-order valence-corrected chi connectivity index (χ3v) is 4.08. The number of carbonyl (C=O) groups excluding carboxylic acids is 1. The number of nitrogens with zero attached hydrogens (tertiary/aromatic N) is 1. The predicted molar refractivity (Wildman–Crippen MR) is 76.2 cm³/mol. The highest BCUT2D eigenvalue weighted by atomic mass is 35.5. The number of nitrogens with two attached hydrogens (primary N) is 1. The molecule has 0 aliphatic carbocycles. The van der Waals surface area contributed by atoms with Gasteiger partial charge in [0.15, 0.2) is 0 Å². The van der Waals surface area contributed by atoms with Crippen molar-refractivity contribution in [3.8, 4) is 0 Å². The molecule has 2 rings (SSSR count).